The number of rotatable bonds is 3. The van der Waals surface area contributed by atoms with E-state index in [-0.39, 0.29) is 18.6 Å². The Morgan fingerprint density at radius 2 is 1.84 bits per heavy atom. The first kappa shape index (κ1) is 15.8. The maximum atomic E-state index is 12.3. The lowest BCUT2D eigenvalue weighted by atomic mass is 9.86. The summed E-state index contributed by atoms with van der Waals surface area (Å²) >= 11 is 0. The average molecular weight is 270 g/mol. The number of carboxylic acids is 1. The van der Waals surface area contributed by atoms with Crippen LogP contribution in [0.2, 0.25) is 0 Å². The zero-order chi connectivity index (χ0) is 14.6. The summed E-state index contributed by atoms with van der Waals surface area (Å²) in [5, 5.41) is 11.9. The molecule has 0 radical (unpaired) electrons. The number of carbonyl (C=O) groups excluding carboxylic acids is 1. The van der Waals surface area contributed by atoms with Crippen LogP contribution < -0.4 is 5.32 Å². The van der Waals surface area contributed by atoms with Crippen LogP contribution in [0, 0.1) is 5.92 Å². The molecule has 0 aromatic heterocycles. The first-order valence-corrected chi connectivity index (χ1v) is 7.01. The molecule has 1 saturated carbocycles. The highest BCUT2D eigenvalue weighted by Crippen LogP contribution is 2.24. The Hall–Kier alpha value is -1.26. The van der Waals surface area contributed by atoms with Crippen molar-refractivity contribution in [2.45, 2.75) is 65.0 Å². The van der Waals surface area contributed by atoms with Crippen LogP contribution in [-0.2, 0) is 4.79 Å². The Morgan fingerprint density at radius 1 is 1.26 bits per heavy atom. The molecule has 0 aliphatic heterocycles. The summed E-state index contributed by atoms with van der Waals surface area (Å²) in [4.78, 5) is 24.6. The van der Waals surface area contributed by atoms with Gasteiger partial charge in [-0.15, -0.1) is 0 Å². The van der Waals surface area contributed by atoms with Crippen LogP contribution in [0.1, 0.15) is 53.4 Å². The number of carboxylic acid groups (broad SMARTS) is 1. The van der Waals surface area contributed by atoms with Gasteiger partial charge in [-0.1, -0.05) is 19.8 Å². The molecule has 1 aliphatic rings. The number of nitrogens with zero attached hydrogens (tertiary/aromatic N) is 1. The maximum Gasteiger partial charge on any atom is 0.323 e. The summed E-state index contributed by atoms with van der Waals surface area (Å²) in [6.07, 6.45) is 4.45. The van der Waals surface area contributed by atoms with Crippen molar-refractivity contribution >= 4 is 12.0 Å². The van der Waals surface area contributed by atoms with E-state index >= 15 is 0 Å². The molecule has 1 aliphatic carbocycles. The predicted octanol–water partition coefficient (Wildman–Crippen LogP) is 2.46. The van der Waals surface area contributed by atoms with Crippen LogP contribution in [0.25, 0.3) is 0 Å². The van der Waals surface area contributed by atoms with Gasteiger partial charge in [-0.3, -0.25) is 4.79 Å². The summed E-state index contributed by atoms with van der Waals surface area (Å²) in [5.41, 5.74) is -0.500. The van der Waals surface area contributed by atoms with E-state index in [0.717, 1.165) is 19.3 Å². The third-order valence-electron chi connectivity index (χ3n) is 3.77. The number of hydrogen-bond acceptors (Lipinski definition) is 2. The molecule has 110 valence electrons. The van der Waals surface area contributed by atoms with E-state index in [4.69, 9.17) is 5.11 Å². The smallest absolute Gasteiger partial charge is 0.323 e. The lowest BCUT2D eigenvalue weighted by molar-refractivity contribution is -0.138. The number of aliphatic carboxylic acids is 1. The van der Waals surface area contributed by atoms with E-state index in [1.165, 1.54) is 11.3 Å². The highest BCUT2D eigenvalue weighted by Gasteiger charge is 2.31. The fourth-order valence-corrected chi connectivity index (χ4v) is 2.52. The van der Waals surface area contributed by atoms with Gasteiger partial charge in [0.25, 0.3) is 0 Å². The largest absolute Gasteiger partial charge is 0.480 e. The normalized spacial score (nSPS) is 23.8. The Kier molecular flexibility index (Phi) is 5.20. The van der Waals surface area contributed by atoms with Gasteiger partial charge in [0.1, 0.15) is 6.54 Å². The van der Waals surface area contributed by atoms with Crippen LogP contribution in [0.4, 0.5) is 4.79 Å². The van der Waals surface area contributed by atoms with E-state index in [0.29, 0.717) is 5.92 Å². The van der Waals surface area contributed by atoms with Gasteiger partial charge in [0, 0.05) is 11.6 Å². The van der Waals surface area contributed by atoms with Crippen LogP contribution in [-0.4, -0.2) is 40.1 Å². The monoisotopic (exact) mass is 270 g/mol. The fourth-order valence-electron chi connectivity index (χ4n) is 2.52. The van der Waals surface area contributed by atoms with Gasteiger partial charge in [-0.05, 0) is 39.5 Å². The van der Waals surface area contributed by atoms with Gasteiger partial charge in [0.15, 0.2) is 0 Å². The second kappa shape index (κ2) is 6.26. The molecule has 0 aromatic rings. The molecule has 2 unspecified atom stereocenters. The summed E-state index contributed by atoms with van der Waals surface area (Å²) < 4.78 is 0. The van der Waals surface area contributed by atoms with E-state index in [1.807, 2.05) is 20.8 Å². The summed E-state index contributed by atoms with van der Waals surface area (Å²) in [5.74, 6) is -0.522. The number of amides is 2. The molecule has 2 amide bonds. The van der Waals surface area contributed by atoms with Crippen LogP contribution in [0.15, 0.2) is 0 Å². The summed E-state index contributed by atoms with van der Waals surface area (Å²) in [7, 11) is 0. The molecule has 0 spiro atoms. The Labute approximate surface area is 115 Å². The van der Waals surface area contributed by atoms with Gasteiger partial charge in [-0.25, -0.2) is 4.79 Å². The van der Waals surface area contributed by atoms with E-state index < -0.39 is 11.5 Å². The SMILES string of the molecule is CC1CCCCC1NC(=O)N(CC(=O)O)C(C)(C)C. The average Bonchev–Trinajstić information content (AvgIpc) is 2.27. The fraction of sp³-hybridized carbons (Fsp3) is 0.857. The van der Waals surface area contributed by atoms with Crippen molar-refractivity contribution in [3.05, 3.63) is 0 Å². The molecule has 1 fully saturated rings. The topological polar surface area (TPSA) is 69.6 Å². The Morgan fingerprint density at radius 3 is 2.32 bits per heavy atom. The lowest BCUT2D eigenvalue weighted by Gasteiger charge is -2.37. The Balaban J connectivity index is 2.68. The minimum atomic E-state index is -0.984. The summed E-state index contributed by atoms with van der Waals surface area (Å²) in [6, 6.07) is -0.103. The number of hydrogen-bond donors (Lipinski definition) is 2. The molecule has 19 heavy (non-hydrogen) atoms. The zero-order valence-corrected chi connectivity index (χ0v) is 12.4. The molecule has 2 N–H and O–H groups in total. The number of nitrogens with one attached hydrogen (secondary N) is 1. The minimum Gasteiger partial charge on any atom is -0.480 e. The quantitative estimate of drug-likeness (QED) is 0.827. The van der Waals surface area contributed by atoms with Crippen molar-refractivity contribution < 1.29 is 14.7 Å². The van der Waals surface area contributed by atoms with Crippen LogP contribution in [0.3, 0.4) is 0 Å². The van der Waals surface area contributed by atoms with Gasteiger partial charge >= 0.3 is 12.0 Å². The van der Waals surface area contributed by atoms with Crippen molar-refractivity contribution in [1.29, 1.82) is 0 Å². The molecular formula is C14H26N2O3. The molecular weight excluding hydrogens is 244 g/mol. The minimum absolute atomic E-state index is 0.167. The zero-order valence-electron chi connectivity index (χ0n) is 12.4. The molecule has 0 aromatic carbocycles. The van der Waals surface area contributed by atoms with E-state index in [9.17, 15) is 9.59 Å². The first-order chi connectivity index (χ1) is 8.71. The van der Waals surface area contributed by atoms with E-state index in [1.54, 1.807) is 0 Å². The third kappa shape index (κ3) is 4.73. The molecule has 2 atom stereocenters. The van der Waals surface area contributed by atoms with Crippen molar-refractivity contribution in [1.82, 2.24) is 10.2 Å². The van der Waals surface area contributed by atoms with Crippen molar-refractivity contribution in [3.63, 3.8) is 0 Å². The number of urea groups is 1. The van der Waals surface area contributed by atoms with Gasteiger partial charge in [0.2, 0.25) is 0 Å². The molecule has 0 heterocycles. The van der Waals surface area contributed by atoms with Crippen molar-refractivity contribution in [3.8, 4) is 0 Å². The maximum absolute atomic E-state index is 12.3. The highest BCUT2D eigenvalue weighted by atomic mass is 16.4. The molecule has 5 nitrogen and oxygen atoms in total. The van der Waals surface area contributed by atoms with Gasteiger partial charge in [-0.2, -0.15) is 0 Å². The third-order valence-corrected chi connectivity index (χ3v) is 3.77. The first-order valence-electron chi connectivity index (χ1n) is 7.01. The lowest BCUT2D eigenvalue weighted by Crippen LogP contribution is -2.55. The molecule has 1 rings (SSSR count). The van der Waals surface area contributed by atoms with Crippen LogP contribution in [0.5, 0.6) is 0 Å². The van der Waals surface area contributed by atoms with E-state index in [2.05, 4.69) is 12.2 Å². The van der Waals surface area contributed by atoms with Crippen LogP contribution >= 0.6 is 0 Å². The predicted molar refractivity (Wildman–Crippen MR) is 74.0 cm³/mol. The Bertz CT molecular complexity index is 336. The second-order valence-corrected chi connectivity index (χ2v) is 6.47. The highest BCUT2D eigenvalue weighted by molar-refractivity contribution is 5.81. The second-order valence-electron chi connectivity index (χ2n) is 6.47. The number of carbonyl (C=O) groups is 2. The van der Waals surface area contributed by atoms with Gasteiger partial charge < -0.3 is 15.3 Å². The summed E-state index contributed by atoms with van der Waals surface area (Å²) in [6.45, 7) is 7.42. The molecule has 0 bridgehead atoms. The van der Waals surface area contributed by atoms with Crippen molar-refractivity contribution in [2.24, 2.45) is 5.92 Å². The van der Waals surface area contributed by atoms with Gasteiger partial charge in [0.05, 0.1) is 0 Å². The molecule has 0 saturated heterocycles. The molecule has 5 heteroatoms. The standard InChI is InChI=1S/C14H26N2O3/c1-10-7-5-6-8-11(10)15-13(19)16(9-12(17)18)14(2,3)4/h10-11H,5-9H2,1-4H3,(H,15,19)(H,17,18). The van der Waals surface area contributed by atoms with Crippen molar-refractivity contribution in [2.75, 3.05) is 6.54 Å².